The highest BCUT2D eigenvalue weighted by Gasteiger charge is 2.21. The molecular formula is C12H20N4O3. The van der Waals surface area contributed by atoms with E-state index in [0.717, 1.165) is 5.69 Å². The highest BCUT2D eigenvalue weighted by molar-refractivity contribution is 5.74. The standard InChI is InChI=1S/C12H20N4O3/c1-12(2,6-4-10(17)18)14-11(19)13-8-9-5-7-16(3)15-9/h5,7H,4,6,8H2,1-3H3,(H,17,18)(H2,13,14,19). The average Bonchev–Trinajstić information content (AvgIpc) is 2.69. The molecule has 2 amide bonds. The van der Waals surface area contributed by atoms with Crippen molar-refractivity contribution < 1.29 is 14.7 Å². The number of carbonyl (C=O) groups excluding carboxylic acids is 1. The van der Waals surface area contributed by atoms with E-state index in [1.807, 2.05) is 6.07 Å². The molecule has 7 nitrogen and oxygen atoms in total. The number of carboxylic acid groups (broad SMARTS) is 1. The van der Waals surface area contributed by atoms with Crippen molar-refractivity contribution in [3.63, 3.8) is 0 Å². The molecule has 0 aliphatic heterocycles. The Balaban J connectivity index is 2.35. The Bertz CT molecular complexity index is 454. The summed E-state index contributed by atoms with van der Waals surface area (Å²) in [5.74, 6) is -0.872. The predicted octanol–water partition coefficient (Wildman–Crippen LogP) is 0.863. The number of aryl methyl sites for hydroxylation is 1. The van der Waals surface area contributed by atoms with E-state index in [-0.39, 0.29) is 12.5 Å². The van der Waals surface area contributed by atoms with Crippen LogP contribution in [0.5, 0.6) is 0 Å². The van der Waals surface area contributed by atoms with Crippen molar-refractivity contribution in [3.05, 3.63) is 18.0 Å². The van der Waals surface area contributed by atoms with Crippen molar-refractivity contribution >= 4 is 12.0 Å². The van der Waals surface area contributed by atoms with E-state index in [1.165, 1.54) is 0 Å². The maximum atomic E-state index is 11.7. The molecule has 7 heteroatoms. The quantitative estimate of drug-likeness (QED) is 0.713. The molecule has 1 rings (SSSR count). The van der Waals surface area contributed by atoms with Gasteiger partial charge in [0, 0.05) is 25.2 Å². The number of nitrogens with zero attached hydrogens (tertiary/aromatic N) is 2. The van der Waals surface area contributed by atoms with Gasteiger partial charge >= 0.3 is 12.0 Å². The first-order chi connectivity index (χ1) is 8.78. The van der Waals surface area contributed by atoms with Crippen molar-refractivity contribution in [2.45, 2.75) is 38.8 Å². The minimum Gasteiger partial charge on any atom is -0.481 e. The molecule has 0 aromatic carbocycles. The summed E-state index contributed by atoms with van der Waals surface area (Å²) >= 11 is 0. The second-order valence-electron chi connectivity index (χ2n) is 5.07. The van der Waals surface area contributed by atoms with Crippen LogP contribution in [-0.4, -0.2) is 32.4 Å². The number of aliphatic carboxylic acids is 1. The second-order valence-corrected chi connectivity index (χ2v) is 5.07. The Labute approximate surface area is 112 Å². The van der Waals surface area contributed by atoms with E-state index in [9.17, 15) is 9.59 Å². The maximum Gasteiger partial charge on any atom is 0.315 e. The molecule has 1 aromatic rings. The molecule has 0 atom stereocenters. The first-order valence-corrected chi connectivity index (χ1v) is 6.05. The first kappa shape index (κ1) is 15.0. The number of carbonyl (C=O) groups is 2. The maximum absolute atomic E-state index is 11.7. The molecule has 0 saturated carbocycles. The minimum atomic E-state index is -0.872. The summed E-state index contributed by atoms with van der Waals surface area (Å²) in [5.41, 5.74) is 0.202. The van der Waals surface area contributed by atoms with Crippen molar-refractivity contribution in [2.24, 2.45) is 7.05 Å². The molecule has 0 saturated heterocycles. The highest BCUT2D eigenvalue weighted by atomic mass is 16.4. The third-order valence-electron chi connectivity index (χ3n) is 2.61. The van der Waals surface area contributed by atoms with Gasteiger partial charge in [0.05, 0.1) is 12.2 Å². The lowest BCUT2D eigenvalue weighted by Crippen LogP contribution is -2.48. The molecule has 1 aromatic heterocycles. The fourth-order valence-electron chi connectivity index (χ4n) is 1.56. The van der Waals surface area contributed by atoms with Gasteiger partial charge < -0.3 is 15.7 Å². The Morgan fingerprint density at radius 2 is 2.16 bits per heavy atom. The van der Waals surface area contributed by atoms with Gasteiger partial charge in [-0.2, -0.15) is 5.10 Å². The van der Waals surface area contributed by atoms with Crippen molar-refractivity contribution in [2.75, 3.05) is 0 Å². The van der Waals surface area contributed by atoms with Gasteiger partial charge in [0.2, 0.25) is 0 Å². The SMILES string of the molecule is Cn1ccc(CNC(=O)NC(C)(C)CCC(=O)O)n1. The van der Waals surface area contributed by atoms with Crippen LogP contribution in [-0.2, 0) is 18.4 Å². The fraction of sp³-hybridized carbons (Fsp3) is 0.583. The molecule has 1 heterocycles. The number of aromatic nitrogens is 2. The summed E-state index contributed by atoms with van der Waals surface area (Å²) in [6, 6.07) is 1.48. The highest BCUT2D eigenvalue weighted by Crippen LogP contribution is 2.10. The molecule has 0 unspecified atom stereocenters. The van der Waals surface area contributed by atoms with Crippen LogP contribution in [0.2, 0.25) is 0 Å². The molecule has 0 aliphatic rings. The largest absolute Gasteiger partial charge is 0.481 e. The van der Waals surface area contributed by atoms with Gasteiger partial charge in [0.15, 0.2) is 0 Å². The number of nitrogens with one attached hydrogen (secondary N) is 2. The Hall–Kier alpha value is -2.05. The molecule has 0 fully saturated rings. The summed E-state index contributed by atoms with van der Waals surface area (Å²) in [5, 5.41) is 18.2. The third kappa shape index (κ3) is 5.89. The van der Waals surface area contributed by atoms with Gasteiger partial charge in [0.25, 0.3) is 0 Å². The van der Waals surface area contributed by atoms with Gasteiger partial charge in [0.1, 0.15) is 0 Å². The molecule has 0 bridgehead atoms. The number of rotatable bonds is 6. The van der Waals surface area contributed by atoms with E-state index in [0.29, 0.717) is 13.0 Å². The van der Waals surface area contributed by atoms with E-state index in [1.54, 1.807) is 31.8 Å². The van der Waals surface area contributed by atoms with Gasteiger partial charge in [-0.1, -0.05) is 0 Å². The normalized spacial score (nSPS) is 11.1. The summed E-state index contributed by atoms with van der Waals surface area (Å²) < 4.78 is 1.66. The van der Waals surface area contributed by atoms with E-state index in [2.05, 4.69) is 15.7 Å². The number of hydrogen-bond donors (Lipinski definition) is 3. The van der Waals surface area contributed by atoms with Gasteiger partial charge in [-0.05, 0) is 26.3 Å². The summed E-state index contributed by atoms with van der Waals surface area (Å²) in [4.78, 5) is 22.2. The predicted molar refractivity (Wildman–Crippen MR) is 69.5 cm³/mol. The van der Waals surface area contributed by atoms with Gasteiger partial charge in [-0.25, -0.2) is 4.79 Å². The lowest BCUT2D eigenvalue weighted by atomic mass is 9.99. The van der Waals surface area contributed by atoms with E-state index < -0.39 is 11.5 Å². The Morgan fingerprint density at radius 1 is 1.47 bits per heavy atom. The zero-order chi connectivity index (χ0) is 14.5. The average molecular weight is 268 g/mol. The smallest absolute Gasteiger partial charge is 0.315 e. The number of amides is 2. The Morgan fingerprint density at radius 3 is 2.68 bits per heavy atom. The topological polar surface area (TPSA) is 96.2 Å². The summed E-state index contributed by atoms with van der Waals surface area (Å²) in [7, 11) is 1.80. The molecule has 19 heavy (non-hydrogen) atoms. The summed E-state index contributed by atoms with van der Waals surface area (Å²) in [6.45, 7) is 3.91. The van der Waals surface area contributed by atoms with Crippen molar-refractivity contribution in [3.8, 4) is 0 Å². The van der Waals surface area contributed by atoms with Crippen LogP contribution in [0.25, 0.3) is 0 Å². The van der Waals surface area contributed by atoms with E-state index >= 15 is 0 Å². The van der Waals surface area contributed by atoms with Crippen LogP contribution in [0.4, 0.5) is 4.79 Å². The first-order valence-electron chi connectivity index (χ1n) is 6.05. The number of urea groups is 1. The summed E-state index contributed by atoms with van der Waals surface area (Å²) in [6.07, 6.45) is 2.19. The van der Waals surface area contributed by atoms with Crippen LogP contribution in [0.1, 0.15) is 32.4 Å². The molecule has 0 spiro atoms. The van der Waals surface area contributed by atoms with Crippen molar-refractivity contribution in [1.29, 1.82) is 0 Å². The molecule has 106 valence electrons. The van der Waals surface area contributed by atoms with Crippen LogP contribution in [0.3, 0.4) is 0 Å². The van der Waals surface area contributed by atoms with Crippen LogP contribution in [0.15, 0.2) is 12.3 Å². The van der Waals surface area contributed by atoms with E-state index in [4.69, 9.17) is 5.11 Å². The van der Waals surface area contributed by atoms with Crippen LogP contribution in [0, 0.1) is 0 Å². The van der Waals surface area contributed by atoms with Crippen LogP contribution >= 0.6 is 0 Å². The third-order valence-corrected chi connectivity index (χ3v) is 2.61. The minimum absolute atomic E-state index is 0.0214. The number of carboxylic acids is 1. The monoisotopic (exact) mass is 268 g/mol. The molecule has 3 N–H and O–H groups in total. The van der Waals surface area contributed by atoms with Crippen molar-refractivity contribution in [1.82, 2.24) is 20.4 Å². The van der Waals surface area contributed by atoms with Crippen LogP contribution < -0.4 is 10.6 Å². The lowest BCUT2D eigenvalue weighted by Gasteiger charge is -2.25. The van der Waals surface area contributed by atoms with Gasteiger partial charge in [-0.3, -0.25) is 9.48 Å². The second kappa shape index (κ2) is 6.21. The van der Waals surface area contributed by atoms with Gasteiger partial charge in [-0.15, -0.1) is 0 Å². The Kier molecular flexibility index (Phi) is 4.91. The lowest BCUT2D eigenvalue weighted by molar-refractivity contribution is -0.137. The molecular weight excluding hydrogens is 248 g/mol. The zero-order valence-corrected chi connectivity index (χ0v) is 11.4. The molecule has 0 aliphatic carbocycles. The molecule has 0 radical (unpaired) electrons. The number of hydrogen-bond acceptors (Lipinski definition) is 3. The fourth-order valence-corrected chi connectivity index (χ4v) is 1.56. The zero-order valence-electron chi connectivity index (χ0n) is 11.4.